The van der Waals surface area contributed by atoms with Crippen LogP contribution in [0, 0.1) is 0 Å². The molecule has 0 fully saturated rings. The van der Waals surface area contributed by atoms with Crippen LogP contribution in [0.25, 0.3) is 0 Å². The Morgan fingerprint density at radius 3 is 2.50 bits per heavy atom. The number of carbonyl (C=O) groups is 1. The van der Waals surface area contributed by atoms with Gasteiger partial charge >= 0.3 is 6.01 Å². The molecule has 3 rings (SSSR count). The van der Waals surface area contributed by atoms with Crippen LogP contribution < -0.4 is 10.1 Å². The maximum absolute atomic E-state index is 12.0. The first-order valence-corrected chi connectivity index (χ1v) is 7.52. The number of rotatable bonds is 6. The highest BCUT2D eigenvalue weighted by atomic mass is 16.5. The second-order valence-electron chi connectivity index (χ2n) is 5.24. The van der Waals surface area contributed by atoms with Crippen LogP contribution in [0.4, 0.5) is 6.01 Å². The van der Waals surface area contributed by atoms with Crippen molar-refractivity contribution in [2.45, 2.75) is 12.8 Å². The lowest BCUT2D eigenvalue weighted by Crippen LogP contribution is -2.14. The van der Waals surface area contributed by atoms with E-state index in [0.29, 0.717) is 12.3 Å². The maximum Gasteiger partial charge on any atom is 0.322 e. The Labute approximate surface area is 139 Å². The van der Waals surface area contributed by atoms with Crippen LogP contribution in [-0.2, 0) is 17.6 Å². The molecule has 1 heterocycles. The molecule has 0 spiro atoms. The molecule has 0 radical (unpaired) electrons. The lowest BCUT2D eigenvalue weighted by molar-refractivity contribution is -0.115. The van der Waals surface area contributed by atoms with Crippen molar-refractivity contribution in [2.24, 2.45) is 0 Å². The maximum atomic E-state index is 12.0. The highest BCUT2D eigenvalue weighted by Gasteiger charge is 2.11. The van der Waals surface area contributed by atoms with Crippen molar-refractivity contribution >= 4 is 11.9 Å². The number of anilines is 1. The summed E-state index contributed by atoms with van der Waals surface area (Å²) in [5.41, 5.74) is 1.94. The van der Waals surface area contributed by atoms with Gasteiger partial charge in [0.1, 0.15) is 5.75 Å². The van der Waals surface area contributed by atoms with Gasteiger partial charge in [-0.25, -0.2) is 0 Å². The third kappa shape index (κ3) is 4.19. The molecule has 6 nitrogen and oxygen atoms in total. The van der Waals surface area contributed by atoms with Crippen LogP contribution in [-0.4, -0.2) is 23.2 Å². The van der Waals surface area contributed by atoms with E-state index in [2.05, 4.69) is 15.5 Å². The van der Waals surface area contributed by atoms with Gasteiger partial charge in [0.15, 0.2) is 0 Å². The predicted molar refractivity (Wildman–Crippen MR) is 88.9 cm³/mol. The summed E-state index contributed by atoms with van der Waals surface area (Å²) in [6, 6.07) is 17.2. The molecule has 6 heteroatoms. The van der Waals surface area contributed by atoms with Crippen LogP contribution in [0.5, 0.6) is 5.75 Å². The number of nitrogens with one attached hydrogen (secondary N) is 1. The van der Waals surface area contributed by atoms with Crippen molar-refractivity contribution in [1.82, 2.24) is 10.2 Å². The van der Waals surface area contributed by atoms with Gasteiger partial charge in [0.05, 0.1) is 20.0 Å². The fraction of sp³-hybridized carbons (Fsp3) is 0.167. The van der Waals surface area contributed by atoms with E-state index >= 15 is 0 Å². The summed E-state index contributed by atoms with van der Waals surface area (Å²) >= 11 is 0. The van der Waals surface area contributed by atoms with E-state index in [9.17, 15) is 4.79 Å². The monoisotopic (exact) mass is 323 g/mol. The number of hydrogen-bond donors (Lipinski definition) is 1. The standard InChI is InChI=1S/C18H17N3O3/c1-23-15-9-7-14(8-10-15)11-16(22)19-18-21-20-17(24-18)12-13-5-3-2-4-6-13/h2-10H,11-12H2,1H3,(H,19,21,22). The van der Waals surface area contributed by atoms with E-state index in [0.717, 1.165) is 16.9 Å². The normalized spacial score (nSPS) is 10.4. The minimum absolute atomic E-state index is 0.111. The molecule has 122 valence electrons. The first kappa shape index (κ1) is 15.7. The number of amides is 1. The van der Waals surface area contributed by atoms with Crippen molar-refractivity contribution in [3.8, 4) is 5.75 Å². The molecule has 1 N–H and O–H groups in total. The molecule has 0 saturated heterocycles. The molecule has 1 amide bonds. The lowest BCUT2D eigenvalue weighted by Gasteiger charge is -2.03. The molecule has 0 unspecified atom stereocenters. The van der Waals surface area contributed by atoms with E-state index in [1.807, 2.05) is 54.6 Å². The third-order valence-electron chi connectivity index (χ3n) is 3.44. The summed E-state index contributed by atoms with van der Waals surface area (Å²) in [6.07, 6.45) is 0.753. The molecular formula is C18H17N3O3. The van der Waals surface area contributed by atoms with Gasteiger partial charge in [-0.2, -0.15) is 0 Å². The second-order valence-corrected chi connectivity index (χ2v) is 5.24. The summed E-state index contributed by atoms with van der Waals surface area (Å²) in [7, 11) is 1.60. The largest absolute Gasteiger partial charge is 0.497 e. The Morgan fingerprint density at radius 1 is 1.04 bits per heavy atom. The Kier molecular flexibility index (Phi) is 4.86. The van der Waals surface area contributed by atoms with Gasteiger partial charge in [0.25, 0.3) is 0 Å². The average Bonchev–Trinajstić information content (AvgIpc) is 3.03. The third-order valence-corrected chi connectivity index (χ3v) is 3.44. The van der Waals surface area contributed by atoms with Crippen LogP contribution in [0.3, 0.4) is 0 Å². The van der Waals surface area contributed by atoms with Crippen molar-refractivity contribution in [1.29, 1.82) is 0 Å². The fourth-order valence-corrected chi connectivity index (χ4v) is 2.24. The van der Waals surface area contributed by atoms with Gasteiger partial charge in [0, 0.05) is 0 Å². The van der Waals surface area contributed by atoms with Crippen LogP contribution in [0.15, 0.2) is 59.0 Å². The number of hydrogen-bond acceptors (Lipinski definition) is 5. The van der Waals surface area contributed by atoms with Crippen molar-refractivity contribution in [3.05, 3.63) is 71.6 Å². The highest BCUT2D eigenvalue weighted by molar-refractivity contribution is 5.90. The Bertz CT molecular complexity index is 798. The van der Waals surface area contributed by atoms with Crippen molar-refractivity contribution in [3.63, 3.8) is 0 Å². The van der Waals surface area contributed by atoms with E-state index in [-0.39, 0.29) is 18.3 Å². The summed E-state index contributed by atoms with van der Waals surface area (Å²) in [6.45, 7) is 0. The molecule has 0 bridgehead atoms. The van der Waals surface area contributed by atoms with E-state index in [1.54, 1.807) is 7.11 Å². The minimum Gasteiger partial charge on any atom is -0.497 e. The zero-order chi connectivity index (χ0) is 16.8. The van der Waals surface area contributed by atoms with Gasteiger partial charge in [-0.3, -0.25) is 10.1 Å². The first-order valence-electron chi connectivity index (χ1n) is 7.52. The lowest BCUT2D eigenvalue weighted by atomic mass is 10.1. The second kappa shape index (κ2) is 7.41. The Morgan fingerprint density at radius 2 is 1.79 bits per heavy atom. The minimum atomic E-state index is -0.213. The predicted octanol–water partition coefficient (Wildman–Crippen LogP) is 2.85. The van der Waals surface area contributed by atoms with Crippen LogP contribution >= 0.6 is 0 Å². The molecule has 0 aliphatic heterocycles. The number of benzene rings is 2. The number of nitrogens with zero attached hydrogens (tertiary/aromatic N) is 2. The number of methoxy groups -OCH3 is 1. The molecule has 0 aliphatic rings. The molecular weight excluding hydrogens is 306 g/mol. The average molecular weight is 323 g/mol. The molecule has 0 atom stereocenters. The summed E-state index contributed by atoms with van der Waals surface area (Å²) in [5.74, 6) is 0.998. The Hall–Kier alpha value is -3.15. The summed E-state index contributed by atoms with van der Waals surface area (Å²) < 4.78 is 10.5. The number of ether oxygens (including phenoxy) is 1. The van der Waals surface area contributed by atoms with E-state index < -0.39 is 0 Å². The van der Waals surface area contributed by atoms with E-state index in [4.69, 9.17) is 9.15 Å². The van der Waals surface area contributed by atoms with E-state index in [1.165, 1.54) is 0 Å². The van der Waals surface area contributed by atoms with Crippen LogP contribution in [0.2, 0.25) is 0 Å². The molecule has 3 aromatic rings. The van der Waals surface area contributed by atoms with Gasteiger partial charge in [-0.1, -0.05) is 47.6 Å². The number of carbonyl (C=O) groups excluding carboxylic acids is 1. The van der Waals surface area contributed by atoms with Gasteiger partial charge < -0.3 is 9.15 Å². The number of aromatic nitrogens is 2. The first-order chi connectivity index (χ1) is 11.7. The van der Waals surface area contributed by atoms with Gasteiger partial charge in [-0.05, 0) is 23.3 Å². The van der Waals surface area contributed by atoms with Crippen molar-refractivity contribution < 1.29 is 13.9 Å². The van der Waals surface area contributed by atoms with Gasteiger partial charge in [-0.15, -0.1) is 5.10 Å². The quantitative estimate of drug-likeness (QED) is 0.755. The van der Waals surface area contributed by atoms with Crippen LogP contribution in [0.1, 0.15) is 17.0 Å². The smallest absolute Gasteiger partial charge is 0.322 e. The zero-order valence-corrected chi connectivity index (χ0v) is 13.2. The molecule has 24 heavy (non-hydrogen) atoms. The molecule has 0 saturated carbocycles. The topological polar surface area (TPSA) is 77.2 Å². The molecule has 0 aliphatic carbocycles. The van der Waals surface area contributed by atoms with Gasteiger partial charge in [0.2, 0.25) is 11.8 Å². The SMILES string of the molecule is COc1ccc(CC(=O)Nc2nnc(Cc3ccccc3)o2)cc1. The summed E-state index contributed by atoms with van der Waals surface area (Å²) in [5, 5.41) is 10.4. The summed E-state index contributed by atoms with van der Waals surface area (Å²) in [4.78, 5) is 12.0. The Balaban J connectivity index is 1.56. The molecule has 1 aromatic heterocycles. The fourth-order valence-electron chi connectivity index (χ4n) is 2.24. The highest BCUT2D eigenvalue weighted by Crippen LogP contribution is 2.14. The van der Waals surface area contributed by atoms with Crippen molar-refractivity contribution in [2.75, 3.05) is 12.4 Å². The zero-order valence-electron chi connectivity index (χ0n) is 13.2. The molecule has 2 aromatic carbocycles.